The molecule has 1 aromatic carbocycles. The number of rotatable bonds is 7. The van der Waals surface area contributed by atoms with Crippen molar-refractivity contribution < 1.29 is 14.2 Å². The average Bonchev–Trinajstić information content (AvgIpc) is 2.29. The number of ether oxygens (including phenoxy) is 3. The van der Waals surface area contributed by atoms with Crippen molar-refractivity contribution in [2.24, 2.45) is 0 Å². The number of hydrogen-bond acceptors (Lipinski definition) is 4. The van der Waals surface area contributed by atoms with E-state index in [1.807, 2.05) is 25.1 Å². The molecule has 0 atom stereocenters. The predicted molar refractivity (Wildman–Crippen MR) is 63.6 cm³/mol. The third-order valence-corrected chi connectivity index (χ3v) is 2.14. The first-order chi connectivity index (χ1) is 7.77. The summed E-state index contributed by atoms with van der Waals surface area (Å²) >= 11 is 0. The molecule has 16 heavy (non-hydrogen) atoms. The highest BCUT2D eigenvalue weighted by atomic mass is 16.5. The molecule has 1 rings (SSSR count). The van der Waals surface area contributed by atoms with Crippen LogP contribution in [0.1, 0.15) is 12.5 Å². The molecule has 0 aromatic heterocycles. The molecular weight excluding hydrogens is 206 g/mol. The van der Waals surface area contributed by atoms with E-state index < -0.39 is 0 Å². The number of nitrogens with two attached hydrogens (primary N) is 1. The molecule has 0 aliphatic rings. The van der Waals surface area contributed by atoms with Crippen molar-refractivity contribution in [1.29, 1.82) is 0 Å². The van der Waals surface area contributed by atoms with Gasteiger partial charge in [-0.25, -0.2) is 0 Å². The number of hydrogen-bond donors (Lipinski definition) is 1. The molecule has 0 saturated carbocycles. The van der Waals surface area contributed by atoms with Gasteiger partial charge in [-0.2, -0.15) is 0 Å². The molecule has 0 aliphatic carbocycles. The molecule has 0 aliphatic heterocycles. The minimum absolute atomic E-state index is 0.487. The van der Waals surface area contributed by atoms with Gasteiger partial charge in [0.1, 0.15) is 5.75 Å². The summed E-state index contributed by atoms with van der Waals surface area (Å²) in [6.45, 7) is 4.35. The molecule has 0 unspecified atom stereocenters. The fourth-order valence-electron chi connectivity index (χ4n) is 1.36. The Bertz CT molecular complexity index is 315. The second kappa shape index (κ2) is 7.09. The van der Waals surface area contributed by atoms with E-state index in [4.69, 9.17) is 19.9 Å². The topological polar surface area (TPSA) is 53.7 Å². The smallest absolute Gasteiger partial charge is 0.124 e. The summed E-state index contributed by atoms with van der Waals surface area (Å²) in [4.78, 5) is 0. The normalized spacial score (nSPS) is 10.4. The number of benzene rings is 1. The van der Waals surface area contributed by atoms with E-state index in [2.05, 4.69) is 0 Å². The zero-order chi connectivity index (χ0) is 11.8. The lowest BCUT2D eigenvalue weighted by Gasteiger charge is -2.10. The Morgan fingerprint density at radius 3 is 2.62 bits per heavy atom. The largest absolute Gasteiger partial charge is 0.496 e. The minimum atomic E-state index is 0.487. The molecule has 2 N–H and O–H groups in total. The number of nitrogen functional groups attached to an aromatic ring is 1. The second-order valence-corrected chi connectivity index (χ2v) is 3.32. The van der Waals surface area contributed by atoms with Gasteiger partial charge in [0.05, 0.1) is 26.9 Å². The Labute approximate surface area is 96.3 Å². The summed E-state index contributed by atoms with van der Waals surface area (Å²) in [5, 5.41) is 0. The van der Waals surface area contributed by atoms with Gasteiger partial charge in [-0.15, -0.1) is 0 Å². The lowest BCUT2D eigenvalue weighted by Crippen LogP contribution is -2.05. The van der Waals surface area contributed by atoms with Crippen LogP contribution in [-0.2, 0) is 16.1 Å². The highest BCUT2D eigenvalue weighted by molar-refractivity contribution is 5.47. The van der Waals surface area contributed by atoms with E-state index in [0.717, 1.165) is 11.3 Å². The summed E-state index contributed by atoms with van der Waals surface area (Å²) < 4.78 is 15.8. The van der Waals surface area contributed by atoms with Gasteiger partial charge in [0, 0.05) is 17.9 Å². The fourth-order valence-corrected chi connectivity index (χ4v) is 1.36. The van der Waals surface area contributed by atoms with Gasteiger partial charge in [0.15, 0.2) is 0 Å². The quantitative estimate of drug-likeness (QED) is 0.568. The van der Waals surface area contributed by atoms with Crippen LogP contribution in [0.25, 0.3) is 0 Å². The van der Waals surface area contributed by atoms with Crippen LogP contribution in [-0.4, -0.2) is 26.9 Å². The van der Waals surface area contributed by atoms with Crippen molar-refractivity contribution in [2.45, 2.75) is 13.5 Å². The Morgan fingerprint density at radius 2 is 1.94 bits per heavy atom. The third kappa shape index (κ3) is 4.08. The minimum Gasteiger partial charge on any atom is -0.496 e. The lowest BCUT2D eigenvalue weighted by molar-refractivity contribution is 0.0446. The van der Waals surface area contributed by atoms with Crippen molar-refractivity contribution >= 4 is 5.69 Å². The van der Waals surface area contributed by atoms with E-state index >= 15 is 0 Å². The van der Waals surface area contributed by atoms with Crippen LogP contribution < -0.4 is 10.5 Å². The van der Waals surface area contributed by atoms with Gasteiger partial charge >= 0.3 is 0 Å². The summed E-state index contributed by atoms with van der Waals surface area (Å²) in [6.07, 6.45) is 0. The van der Waals surface area contributed by atoms with Crippen molar-refractivity contribution in [3.8, 4) is 5.75 Å². The zero-order valence-electron chi connectivity index (χ0n) is 9.86. The first-order valence-corrected chi connectivity index (χ1v) is 5.35. The van der Waals surface area contributed by atoms with Gasteiger partial charge in [-0.1, -0.05) is 0 Å². The Balaban J connectivity index is 2.42. The van der Waals surface area contributed by atoms with E-state index in [1.54, 1.807) is 7.11 Å². The first-order valence-electron chi connectivity index (χ1n) is 5.35. The van der Waals surface area contributed by atoms with E-state index in [1.165, 1.54) is 0 Å². The van der Waals surface area contributed by atoms with E-state index in [9.17, 15) is 0 Å². The van der Waals surface area contributed by atoms with Crippen LogP contribution in [0.3, 0.4) is 0 Å². The molecule has 90 valence electrons. The number of anilines is 1. The van der Waals surface area contributed by atoms with Crippen LogP contribution in [0, 0.1) is 0 Å². The fraction of sp³-hybridized carbons (Fsp3) is 0.500. The van der Waals surface area contributed by atoms with Crippen LogP contribution >= 0.6 is 0 Å². The maximum Gasteiger partial charge on any atom is 0.124 e. The average molecular weight is 225 g/mol. The Kier molecular flexibility index (Phi) is 5.67. The molecule has 0 radical (unpaired) electrons. The SMILES string of the molecule is CCOCCOCc1cc(N)ccc1OC. The van der Waals surface area contributed by atoms with Crippen LogP contribution in [0.5, 0.6) is 5.75 Å². The second-order valence-electron chi connectivity index (χ2n) is 3.32. The van der Waals surface area contributed by atoms with Gasteiger partial charge in [0.25, 0.3) is 0 Å². The molecule has 0 heterocycles. The summed E-state index contributed by atoms with van der Waals surface area (Å²) in [5.74, 6) is 0.797. The molecule has 0 spiro atoms. The molecule has 0 fully saturated rings. The Morgan fingerprint density at radius 1 is 1.19 bits per heavy atom. The van der Waals surface area contributed by atoms with Crippen molar-refractivity contribution in [3.63, 3.8) is 0 Å². The Hall–Kier alpha value is -1.26. The molecule has 0 saturated heterocycles. The maximum absolute atomic E-state index is 5.70. The monoisotopic (exact) mass is 225 g/mol. The summed E-state index contributed by atoms with van der Waals surface area (Å²) in [6, 6.07) is 5.51. The molecule has 1 aromatic rings. The van der Waals surface area contributed by atoms with Crippen molar-refractivity contribution in [3.05, 3.63) is 23.8 Å². The first kappa shape index (κ1) is 12.8. The van der Waals surface area contributed by atoms with Gasteiger partial charge in [-0.05, 0) is 25.1 Å². The van der Waals surface area contributed by atoms with Crippen molar-refractivity contribution in [1.82, 2.24) is 0 Å². The van der Waals surface area contributed by atoms with Crippen LogP contribution in [0.4, 0.5) is 5.69 Å². The summed E-state index contributed by atoms with van der Waals surface area (Å²) in [7, 11) is 1.63. The standard InChI is InChI=1S/C12H19NO3/c1-3-15-6-7-16-9-10-8-11(13)4-5-12(10)14-2/h4-5,8H,3,6-7,9,13H2,1-2H3. The predicted octanol–water partition coefficient (Wildman–Crippen LogP) is 1.83. The maximum atomic E-state index is 5.70. The molecule has 4 heteroatoms. The highest BCUT2D eigenvalue weighted by Gasteiger charge is 2.03. The lowest BCUT2D eigenvalue weighted by atomic mass is 10.2. The summed E-state index contributed by atoms with van der Waals surface area (Å²) in [5.41, 5.74) is 7.37. The highest BCUT2D eigenvalue weighted by Crippen LogP contribution is 2.21. The van der Waals surface area contributed by atoms with E-state index in [-0.39, 0.29) is 0 Å². The van der Waals surface area contributed by atoms with Gasteiger partial charge < -0.3 is 19.9 Å². The molecule has 0 bridgehead atoms. The van der Waals surface area contributed by atoms with Gasteiger partial charge in [-0.3, -0.25) is 0 Å². The molecule has 0 amide bonds. The van der Waals surface area contributed by atoms with Crippen LogP contribution in [0.15, 0.2) is 18.2 Å². The van der Waals surface area contributed by atoms with Crippen molar-refractivity contribution in [2.75, 3.05) is 32.7 Å². The number of methoxy groups -OCH3 is 1. The van der Waals surface area contributed by atoms with Gasteiger partial charge in [0.2, 0.25) is 0 Å². The van der Waals surface area contributed by atoms with Crippen LogP contribution in [0.2, 0.25) is 0 Å². The van der Waals surface area contributed by atoms with E-state index in [0.29, 0.717) is 32.1 Å². The third-order valence-electron chi connectivity index (χ3n) is 2.14. The molecular formula is C12H19NO3. The molecule has 4 nitrogen and oxygen atoms in total. The zero-order valence-corrected chi connectivity index (χ0v) is 9.86.